The van der Waals surface area contributed by atoms with Gasteiger partial charge in [0.25, 0.3) is 0 Å². The molecule has 4 unspecified atom stereocenters. The highest BCUT2D eigenvalue weighted by atomic mass is 31.3. The van der Waals surface area contributed by atoms with E-state index in [0.717, 1.165) is 17.7 Å². The normalized spacial score (nSPS) is 30.2. The van der Waals surface area contributed by atoms with Crippen molar-refractivity contribution in [1.82, 2.24) is 9.55 Å². The largest absolute Gasteiger partial charge is 0.490 e. The predicted molar refractivity (Wildman–Crippen MR) is 106 cm³/mol. The lowest BCUT2D eigenvalue weighted by atomic mass is 9.84. The Morgan fingerprint density at radius 2 is 1.91 bits per heavy atom. The molecule has 0 spiro atoms. The quantitative estimate of drug-likeness (QED) is 0.139. The van der Waals surface area contributed by atoms with Gasteiger partial charge in [0.2, 0.25) is 0 Å². The molecule has 1 saturated heterocycles. The van der Waals surface area contributed by atoms with Crippen molar-refractivity contribution in [3.05, 3.63) is 22.7 Å². The van der Waals surface area contributed by atoms with E-state index < -0.39 is 65.7 Å². The number of rotatable bonds is 9. The summed E-state index contributed by atoms with van der Waals surface area (Å²) in [6.45, 7) is 0.165. The van der Waals surface area contributed by atoms with Crippen LogP contribution in [0.1, 0.15) is 13.2 Å². The van der Waals surface area contributed by atoms with Crippen LogP contribution in [0.2, 0.25) is 0 Å². The van der Waals surface area contributed by atoms with Gasteiger partial charge in [-0.05, 0) is 13.0 Å². The molecule has 1 aromatic heterocycles. The summed E-state index contributed by atoms with van der Waals surface area (Å²) < 4.78 is 52.5. The van der Waals surface area contributed by atoms with Crippen molar-refractivity contribution >= 4 is 29.3 Å². The average molecular weight is 535 g/mol. The summed E-state index contributed by atoms with van der Waals surface area (Å²) in [6.07, 6.45) is 1.62. The number of nitrogens with two attached hydrogens (primary N) is 1. The maximum absolute atomic E-state index is 12.2. The molecule has 0 radical (unpaired) electrons. The van der Waals surface area contributed by atoms with Crippen molar-refractivity contribution in [2.75, 3.05) is 12.3 Å². The zero-order valence-electron chi connectivity index (χ0n) is 16.5. The molecule has 2 rings (SSSR count). The van der Waals surface area contributed by atoms with Crippen molar-refractivity contribution in [3.63, 3.8) is 0 Å². The molecular formula is C13H20N3O14P3. The lowest BCUT2D eigenvalue weighted by Crippen LogP contribution is -2.46. The van der Waals surface area contributed by atoms with Crippen molar-refractivity contribution < 1.29 is 61.4 Å². The molecule has 33 heavy (non-hydrogen) atoms. The number of phosphoric acid groups is 3. The summed E-state index contributed by atoms with van der Waals surface area (Å²) in [5, 5.41) is 20.7. The topological polar surface area (TPSA) is 270 Å². The van der Waals surface area contributed by atoms with Gasteiger partial charge in [-0.15, -0.1) is 6.42 Å². The summed E-state index contributed by atoms with van der Waals surface area (Å²) in [4.78, 5) is 51.7. The number of aromatic nitrogens is 2. The predicted octanol–water partition coefficient (Wildman–Crippen LogP) is -1.57. The Labute approximate surface area is 185 Å². The van der Waals surface area contributed by atoms with E-state index in [9.17, 15) is 38.5 Å². The van der Waals surface area contributed by atoms with E-state index in [1.54, 1.807) is 0 Å². The number of aliphatic hydroxyl groups is 2. The number of hydrogen-bond acceptors (Lipinski definition) is 12. The molecule has 7 atom stereocenters. The summed E-state index contributed by atoms with van der Waals surface area (Å²) >= 11 is 0. The fourth-order valence-electron chi connectivity index (χ4n) is 3.09. The van der Waals surface area contributed by atoms with Gasteiger partial charge < -0.3 is 40.3 Å². The van der Waals surface area contributed by atoms with Gasteiger partial charge in [-0.25, -0.2) is 18.5 Å². The van der Waals surface area contributed by atoms with E-state index in [4.69, 9.17) is 26.7 Å². The number of anilines is 1. The van der Waals surface area contributed by atoms with E-state index >= 15 is 0 Å². The minimum Gasteiger partial charge on any atom is -0.396 e. The molecule has 2 heterocycles. The van der Waals surface area contributed by atoms with Crippen LogP contribution >= 0.6 is 23.5 Å². The second-order valence-electron chi connectivity index (χ2n) is 6.66. The molecule has 0 saturated carbocycles. The van der Waals surface area contributed by atoms with Crippen LogP contribution in [0.5, 0.6) is 0 Å². The van der Waals surface area contributed by atoms with Crippen molar-refractivity contribution in [1.29, 1.82) is 0 Å². The summed E-state index contributed by atoms with van der Waals surface area (Å²) in [7, 11) is -17.0. The maximum Gasteiger partial charge on any atom is 0.490 e. The molecule has 20 heteroatoms. The van der Waals surface area contributed by atoms with Crippen LogP contribution in [-0.4, -0.2) is 63.8 Å². The number of hydrogen-bond donors (Lipinski definition) is 7. The van der Waals surface area contributed by atoms with Gasteiger partial charge in [-0.2, -0.15) is 13.6 Å². The van der Waals surface area contributed by atoms with E-state index in [1.807, 2.05) is 5.92 Å². The Kier molecular flexibility index (Phi) is 8.12. The molecule has 17 nitrogen and oxygen atoms in total. The van der Waals surface area contributed by atoms with Gasteiger partial charge in [0.1, 0.15) is 5.82 Å². The Morgan fingerprint density at radius 3 is 2.39 bits per heavy atom. The summed E-state index contributed by atoms with van der Waals surface area (Å²) in [6, 6.07) is 1.18. The van der Waals surface area contributed by atoms with Crippen LogP contribution in [0.15, 0.2) is 17.1 Å². The fraction of sp³-hybridized carbons (Fsp3) is 0.538. The molecule has 0 aliphatic carbocycles. The molecule has 0 amide bonds. The smallest absolute Gasteiger partial charge is 0.396 e. The highest BCUT2D eigenvalue weighted by molar-refractivity contribution is 7.66. The summed E-state index contributed by atoms with van der Waals surface area (Å²) in [5.74, 6) is 0.383. The molecule has 186 valence electrons. The molecule has 0 bridgehead atoms. The SMILES string of the molecule is C#CC1(O)C(CO)[C@@H]([C@H](C)OP(=O)(O)OP(=O)(O)OP(=O)(O)O)O[C@H]1n1ccc(N)nc1=O. The van der Waals surface area contributed by atoms with Crippen LogP contribution in [0.25, 0.3) is 0 Å². The van der Waals surface area contributed by atoms with Gasteiger partial charge >= 0.3 is 29.2 Å². The van der Waals surface area contributed by atoms with Crippen LogP contribution < -0.4 is 11.4 Å². The fourth-order valence-corrected chi connectivity index (χ4v) is 6.29. The lowest BCUT2D eigenvalue weighted by molar-refractivity contribution is -0.0867. The van der Waals surface area contributed by atoms with Crippen LogP contribution in [-0.2, 0) is 31.6 Å². The zero-order chi connectivity index (χ0) is 25.4. The second kappa shape index (κ2) is 9.65. The molecule has 1 aliphatic heterocycles. The van der Waals surface area contributed by atoms with Crippen LogP contribution in [0.4, 0.5) is 5.82 Å². The first-order valence-electron chi connectivity index (χ1n) is 8.58. The minimum absolute atomic E-state index is 0.158. The first-order valence-corrected chi connectivity index (χ1v) is 13.1. The third-order valence-corrected chi connectivity index (χ3v) is 8.26. The summed E-state index contributed by atoms with van der Waals surface area (Å²) in [5.41, 5.74) is 2.04. The second-order valence-corrected chi connectivity index (χ2v) is 11.0. The highest BCUT2D eigenvalue weighted by Crippen LogP contribution is 2.66. The number of terminal acetylenes is 1. The van der Waals surface area contributed by atoms with E-state index in [-0.39, 0.29) is 5.82 Å². The maximum atomic E-state index is 12.2. The van der Waals surface area contributed by atoms with Gasteiger partial charge in [0, 0.05) is 6.20 Å². The van der Waals surface area contributed by atoms with Gasteiger partial charge in [-0.1, -0.05) is 5.92 Å². The Morgan fingerprint density at radius 1 is 1.30 bits per heavy atom. The van der Waals surface area contributed by atoms with E-state index in [2.05, 4.69) is 18.1 Å². The minimum atomic E-state index is -5.79. The number of nitrogen functional groups attached to an aromatic ring is 1. The Bertz CT molecular complexity index is 1130. The Balaban J connectivity index is 2.32. The van der Waals surface area contributed by atoms with E-state index in [0.29, 0.717) is 0 Å². The van der Waals surface area contributed by atoms with Crippen molar-refractivity contribution in [3.8, 4) is 12.3 Å². The molecular weight excluding hydrogens is 515 g/mol. The van der Waals surface area contributed by atoms with E-state index in [1.165, 1.54) is 6.07 Å². The van der Waals surface area contributed by atoms with Gasteiger partial charge in [0.15, 0.2) is 11.8 Å². The molecule has 1 fully saturated rings. The highest BCUT2D eigenvalue weighted by Gasteiger charge is 2.58. The van der Waals surface area contributed by atoms with Crippen molar-refractivity contribution in [2.24, 2.45) is 5.92 Å². The van der Waals surface area contributed by atoms with Crippen LogP contribution in [0, 0.1) is 18.3 Å². The Hall–Kier alpha value is -1.47. The molecule has 8 N–H and O–H groups in total. The van der Waals surface area contributed by atoms with Crippen molar-refractivity contribution in [2.45, 2.75) is 31.0 Å². The first-order chi connectivity index (χ1) is 14.9. The lowest BCUT2D eigenvalue weighted by Gasteiger charge is -2.29. The number of phosphoric ester groups is 1. The molecule has 1 aromatic rings. The molecule has 1 aliphatic rings. The van der Waals surface area contributed by atoms with Gasteiger partial charge in [-0.3, -0.25) is 9.09 Å². The first kappa shape index (κ1) is 27.8. The third kappa shape index (κ3) is 6.56. The number of nitrogens with zero attached hydrogens (tertiary/aromatic N) is 2. The standard InChI is InChI=1S/C13H20N3O14P3/c1-3-13(19)8(6-17)10(27-11(13)16-5-4-9(14)15-12(16)18)7(2)28-32(23,24)30-33(25,26)29-31(20,21)22/h1,4-5,7-8,10-11,17,19H,6H2,2H3,(H,23,24)(H,25,26)(H2,14,15,18)(H2,20,21,22)/t7-,8?,10+,11+,13?/m0/s1. The number of ether oxygens (including phenoxy) is 1. The zero-order valence-corrected chi connectivity index (χ0v) is 19.2. The average Bonchev–Trinajstić information content (AvgIpc) is 2.91. The van der Waals surface area contributed by atoms with Gasteiger partial charge in [0.05, 0.1) is 24.7 Å². The monoisotopic (exact) mass is 535 g/mol. The molecule has 0 aromatic carbocycles. The number of aliphatic hydroxyl groups excluding tert-OH is 1. The van der Waals surface area contributed by atoms with Crippen LogP contribution in [0.3, 0.4) is 0 Å². The third-order valence-electron chi connectivity index (χ3n) is 4.33.